The smallest absolute Gasteiger partial charge is 0.225 e. The molecular formula is C15H27NO3S. The van der Waals surface area contributed by atoms with E-state index in [4.69, 9.17) is 0 Å². The predicted molar refractivity (Wildman–Crippen MR) is 80.3 cm³/mol. The highest BCUT2D eigenvalue weighted by Gasteiger charge is 2.36. The van der Waals surface area contributed by atoms with Crippen LogP contribution in [0.15, 0.2) is 0 Å². The molecule has 0 aromatic carbocycles. The van der Waals surface area contributed by atoms with Crippen LogP contribution in [0.3, 0.4) is 0 Å². The van der Waals surface area contributed by atoms with Gasteiger partial charge >= 0.3 is 0 Å². The molecule has 1 aliphatic carbocycles. The van der Waals surface area contributed by atoms with Gasteiger partial charge in [-0.25, -0.2) is 8.42 Å². The fraction of sp³-hybridized carbons (Fsp3) is 0.933. The minimum Gasteiger partial charge on any atom is -0.338 e. The Kier molecular flexibility index (Phi) is 5.47. The van der Waals surface area contributed by atoms with Crippen LogP contribution in [0.2, 0.25) is 0 Å². The fourth-order valence-electron chi connectivity index (χ4n) is 3.41. The second kappa shape index (κ2) is 6.92. The molecule has 0 bridgehead atoms. The quantitative estimate of drug-likeness (QED) is 0.783. The molecule has 0 aromatic rings. The third-order valence-electron chi connectivity index (χ3n) is 4.64. The first-order valence-corrected chi connectivity index (χ1v) is 9.86. The molecule has 0 aromatic heterocycles. The first-order valence-electron chi connectivity index (χ1n) is 8.04. The largest absolute Gasteiger partial charge is 0.338 e. The van der Waals surface area contributed by atoms with Gasteiger partial charge in [0.1, 0.15) is 0 Å². The van der Waals surface area contributed by atoms with Gasteiger partial charge in [0.15, 0.2) is 9.84 Å². The molecule has 2 rings (SSSR count). The lowest BCUT2D eigenvalue weighted by atomic mass is 9.88. The van der Waals surface area contributed by atoms with Crippen molar-refractivity contribution in [3.05, 3.63) is 0 Å². The summed E-state index contributed by atoms with van der Waals surface area (Å²) in [6.45, 7) is 2.83. The van der Waals surface area contributed by atoms with E-state index in [0.29, 0.717) is 6.42 Å². The summed E-state index contributed by atoms with van der Waals surface area (Å²) in [6, 6.07) is -0.0685. The van der Waals surface area contributed by atoms with Gasteiger partial charge in [-0.1, -0.05) is 32.6 Å². The lowest BCUT2D eigenvalue weighted by Gasteiger charge is -2.33. The lowest BCUT2D eigenvalue weighted by molar-refractivity contribution is -0.138. The maximum absolute atomic E-state index is 12.7. The minimum absolute atomic E-state index is 0.0685. The van der Waals surface area contributed by atoms with E-state index in [9.17, 15) is 13.2 Å². The van der Waals surface area contributed by atoms with E-state index in [2.05, 4.69) is 6.92 Å². The summed E-state index contributed by atoms with van der Waals surface area (Å²) in [7, 11) is -2.92. The highest BCUT2D eigenvalue weighted by Crippen LogP contribution is 2.28. The van der Waals surface area contributed by atoms with E-state index in [1.165, 1.54) is 6.42 Å². The zero-order chi connectivity index (χ0) is 14.6. The van der Waals surface area contributed by atoms with Crippen LogP contribution in [0.25, 0.3) is 0 Å². The molecule has 4 nitrogen and oxygen atoms in total. The number of carbonyl (C=O) groups is 1. The summed E-state index contributed by atoms with van der Waals surface area (Å²) in [6.07, 6.45) is 8.12. The number of sulfone groups is 1. The van der Waals surface area contributed by atoms with Crippen molar-refractivity contribution in [2.75, 3.05) is 18.1 Å². The monoisotopic (exact) mass is 301 g/mol. The Hall–Kier alpha value is -0.580. The van der Waals surface area contributed by atoms with Gasteiger partial charge in [0.05, 0.1) is 11.5 Å². The fourth-order valence-corrected chi connectivity index (χ4v) is 5.14. The first-order chi connectivity index (χ1) is 9.53. The molecule has 2 aliphatic rings. The second-order valence-electron chi connectivity index (χ2n) is 6.28. The molecule has 1 saturated heterocycles. The zero-order valence-corrected chi connectivity index (χ0v) is 13.3. The predicted octanol–water partition coefficient (Wildman–Crippen LogP) is 2.38. The average Bonchev–Trinajstić information content (AvgIpc) is 2.80. The van der Waals surface area contributed by atoms with E-state index in [1.54, 1.807) is 0 Å². The molecule has 20 heavy (non-hydrogen) atoms. The molecule has 1 heterocycles. The van der Waals surface area contributed by atoms with Crippen LogP contribution in [-0.2, 0) is 14.6 Å². The Morgan fingerprint density at radius 1 is 1.15 bits per heavy atom. The van der Waals surface area contributed by atoms with Crippen LogP contribution in [0.1, 0.15) is 58.3 Å². The van der Waals surface area contributed by atoms with Gasteiger partial charge in [0.2, 0.25) is 5.91 Å². The third kappa shape index (κ3) is 3.96. The van der Waals surface area contributed by atoms with Crippen molar-refractivity contribution in [1.82, 2.24) is 4.90 Å². The van der Waals surface area contributed by atoms with Gasteiger partial charge in [-0.15, -0.1) is 0 Å². The molecule has 0 N–H and O–H groups in total. The van der Waals surface area contributed by atoms with Crippen molar-refractivity contribution < 1.29 is 13.2 Å². The molecule has 5 heteroatoms. The topological polar surface area (TPSA) is 54.5 Å². The summed E-state index contributed by atoms with van der Waals surface area (Å²) in [5.74, 6) is 0.789. The third-order valence-corrected chi connectivity index (χ3v) is 6.39. The van der Waals surface area contributed by atoms with E-state index in [-0.39, 0.29) is 29.4 Å². The Labute approximate surface area is 122 Å². The van der Waals surface area contributed by atoms with Crippen LogP contribution in [0.4, 0.5) is 0 Å². The molecule has 0 radical (unpaired) electrons. The zero-order valence-electron chi connectivity index (χ0n) is 12.5. The van der Waals surface area contributed by atoms with Crippen molar-refractivity contribution >= 4 is 15.7 Å². The van der Waals surface area contributed by atoms with Gasteiger partial charge < -0.3 is 4.90 Å². The average molecular weight is 301 g/mol. The maximum atomic E-state index is 12.7. The van der Waals surface area contributed by atoms with Crippen molar-refractivity contribution in [2.45, 2.75) is 64.3 Å². The van der Waals surface area contributed by atoms with Gasteiger partial charge in [0.25, 0.3) is 0 Å². The molecule has 2 fully saturated rings. The molecule has 1 unspecified atom stereocenters. The first kappa shape index (κ1) is 15.8. The van der Waals surface area contributed by atoms with E-state index in [0.717, 1.165) is 45.1 Å². The van der Waals surface area contributed by atoms with Crippen LogP contribution >= 0.6 is 0 Å². The van der Waals surface area contributed by atoms with Gasteiger partial charge in [0, 0.05) is 18.5 Å². The normalized spacial score (nSPS) is 26.6. The van der Waals surface area contributed by atoms with Crippen LogP contribution in [0, 0.1) is 5.92 Å². The highest BCUT2D eigenvalue weighted by atomic mass is 32.2. The van der Waals surface area contributed by atoms with Gasteiger partial charge in [-0.05, 0) is 25.7 Å². The van der Waals surface area contributed by atoms with Crippen LogP contribution < -0.4 is 0 Å². The highest BCUT2D eigenvalue weighted by molar-refractivity contribution is 7.91. The standard InChI is InChI=1S/C15H27NO3S/c1-2-3-10-16(14-9-11-20(18,19)12-14)15(17)13-7-5-4-6-8-13/h13-14H,2-12H2,1H3. The Balaban J connectivity index is 2.04. The summed E-state index contributed by atoms with van der Waals surface area (Å²) in [5, 5.41) is 0. The van der Waals surface area contributed by atoms with E-state index < -0.39 is 9.84 Å². The summed E-state index contributed by atoms with van der Waals surface area (Å²) < 4.78 is 23.4. The molecular weight excluding hydrogens is 274 g/mol. The van der Waals surface area contributed by atoms with Crippen molar-refractivity contribution in [3.63, 3.8) is 0 Å². The number of rotatable bonds is 5. The number of amides is 1. The number of hydrogen-bond acceptors (Lipinski definition) is 3. The molecule has 1 atom stereocenters. The number of carbonyl (C=O) groups excluding carboxylic acids is 1. The number of unbranched alkanes of at least 4 members (excludes halogenated alkanes) is 1. The lowest BCUT2D eigenvalue weighted by Crippen LogP contribution is -2.45. The number of nitrogens with zero attached hydrogens (tertiary/aromatic N) is 1. The van der Waals surface area contributed by atoms with E-state index in [1.807, 2.05) is 4.90 Å². The second-order valence-corrected chi connectivity index (χ2v) is 8.51. The molecule has 1 aliphatic heterocycles. The van der Waals surface area contributed by atoms with Crippen LogP contribution in [-0.4, -0.2) is 43.3 Å². The molecule has 0 spiro atoms. The van der Waals surface area contributed by atoms with Crippen LogP contribution in [0.5, 0.6) is 0 Å². The Morgan fingerprint density at radius 3 is 2.40 bits per heavy atom. The summed E-state index contributed by atoms with van der Waals surface area (Å²) >= 11 is 0. The SMILES string of the molecule is CCCCN(C(=O)C1CCCCC1)C1CCS(=O)(=O)C1. The Morgan fingerprint density at radius 2 is 1.85 bits per heavy atom. The van der Waals surface area contributed by atoms with Gasteiger partial charge in [-0.3, -0.25) is 4.79 Å². The van der Waals surface area contributed by atoms with Gasteiger partial charge in [-0.2, -0.15) is 0 Å². The van der Waals surface area contributed by atoms with E-state index >= 15 is 0 Å². The van der Waals surface area contributed by atoms with Crippen molar-refractivity contribution in [3.8, 4) is 0 Å². The summed E-state index contributed by atoms with van der Waals surface area (Å²) in [4.78, 5) is 14.6. The van der Waals surface area contributed by atoms with Crippen molar-refractivity contribution in [1.29, 1.82) is 0 Å². The van der Waals surface area contributed by atoms with Crippen molar-refractivity contribution in [2.24, 2.45) is 5.92 Å². The summed E-state index contributed by atoms with van der Waals surface area (Å²) in [5.41, 5.74) is 0. The molecule has 1 saturated carbocycles. The number of hydrogen-bond donors (Lipinski definition) is 0. The Bertz CT molecular complexity index is 426. The molecule has 116 valence electrons. The minimum atomic E-state index is -2.92. The maximum Gasteiger partial charge on any atom is 0.225 e. The molecule has 1 amide bonds.